The van der Waals surface area contributed by atoms with Crippen LogP contribution in [0, 0.1) is 0 Å². The van der Waals surface area contributed by atoms with Crippen molar-refractivity contribution >= 4 is 0 Å². The van der Waals surface area contributed by atoms with Crippen molar-refractivity contribution in [2.75, 3.05) is 112 Å². The van der Waals surface area contributed by atoms with E-state index in [1.54, 1.807) is 0 Å². The number of unbranched alkanes of at least 4 members (excludes halogenated alkanes) is 15. The van der Waals surface area contributed by atoms with Crippen LogP contribution in [-0.2, 0) is 37.9 Å². The molecule has 0 spiro atoms. The van der Waals surface area contributed by atoms with Gasteiger partial charge in [0.2, 0.25) is 0 Å². The van der Waals surface area contributed by atoms with Crippen LogP contribution in [0.5, 0.6) is 5.75 Å². The van der Waals surface area contributed by atoms with Crippen LogP contribution in [0.25, 0.3) is 0 Å². The molecule has 9 nitrogen and oxygen atoms in total. The molecule has 0 atom stereocenters. The molecule has 0 N–H and O–H groups in total. The molecule has 0 amide bonds. The summed E-state index contributed by atoms with van der Waals surface area (Å²) in [5.74, 6) is 0.852. The Balaban J connectivity index is 1.60. The molecular formula is C40H74O9. The van der Waals surface area contributed by atoms with Gasteiger partial charge < -0.3 is 42.6 Å². The van der Waals surface area contributed by atoms with E-state index in [2.05, 4.69) is 6.92 Å². The van der Waals surface area contributed by atoms with E-state index in [9.17, 15) is 0 Å². The molecule has 9 heteroatoms. The van der Waals surface area contributed by atoms with Gasteiger partial charge in [-0.05, 0) is 18.6 Å². The van der Waals surface area contributed by atoms with Gasteiger partial charge in [0.25, 0.3) is 0 Å². The van der Waals surface area contributed by atoms with Gasteiger partial charge in [0.1, 0.15) is 12.4 Å². The van der Waals surface area contributed by atoms with Gasteiger partial charge in [-0.25, -0.2) is 0 Å². The zero-order chi connectivity index (χ0) is 34.8. The second kappa shape index (κ2) is 41.1. The van der Waals surface area contributed by atoms with Gasteiger partial charge in [0.15, 0.2) is 0 Å². The fourth-order valence-electron chi connectivity index (χ4n) is 5.13. The predicted octanol–water partition coefficient (Wildman–Crippen LogP) is 8.46. The number of rotatable bonds is 42. The Labute approximate surface area is 300 Å². The van der Waals surface area contributed by atoms with Gasteiger partial charge in [0.05, 0.1) is 99.1 Å². The van der Waals surface area contributed by atoms with Crippen molar-refractivity contribution in [2.45, 2.75) is 110 Å². The summed E-state index contributed by atoms with van der Waals surface area (Å²) in [6.45, 7) is 12.0. The summed E-state index contributed by atoms with van der Waals surface area (Å²) in [6, 6.07) is 9.71. The van der Waals surface area contributed by atoms with Crippen LogP contribution in [0.3, 0.4) is 0 Å². The summed E-state index contributed by atoms with van der Waals surface area (Å²) < 4.78 is 49.9. The molecule has 1 aromatic carbocycles. The summed E-state index contributed by atoms with van der Waals surface area (Å²) in [7, 11) is 0. The number of hydrogen-bond donors (Lipinski definition) is 0. The molecular weight excluding hydrogens is 624 g/mol. The minimum atomic E-state index is 0.525. The largest absolute Gasteiger partial charge is 0.491 e. The van der Waals surface area contributed by atoms with Gasteiger partial charge in [-0.1, -0.05) is 121 Å². The lowest BCUT2D eigenvalue weighted by Gasteiger charge is -2.09. The molecule has 0 saturated carbocycles. The molecule has 0 aromatic heterocycles. The number of ether oxygens (including phenoxy) is 9. The monoisotopic (exact) mass is 699 g/mol. The van der Waals surface area contributed by atoms with Gasteiger partial charge in [-0.2, -0.15) is 0 Å². The molecule has 1 aromatic rings. The Bertz CT molecular complexity index is 725. The van der Waals surface area contributed by atoms with Crippen LogP contribution in [0.2, 0.25) is 0 Å². The topological polar surface area (TPSA) is 83.1 Å². The van der Waals surface area contributed by atoms with Gasteiger partial charge >= 0.3 is 0 Å². The maximum Gasteiger partial charge on any atom is 0.119 e. The van der Waals surface area contributed by atoms with Crippen molar-refractivity contribution in [2.24, 2.45) is 0 Å². The SMILES string of the molecule is CCCCCCCCCCCCCCCCCCOCCOCCOCCOCCOCCOCCOCCOCCOc1ccccc1. The summed E-state index contributed by atoms with van der Waals surface area (Å²) in [5, 5.41) is 0. The van der Waals surface area contributed by atoms with Crippen molar-refractivity contribution in [1.82, 2.24) is 0 Å². The lowest BCUT2D eigenvalue weighted by Crippen LogP contribution is -2.15. The zero-order valence-corrected chi connectivity index (χ0v) is 31.4. The molecule has 0 bridgehead atoms. The highest BCUT2D eigenvalue weighted by Crippen LogP contribution is 2.14. The molecule has 0 heterocycles. The minimum absolute atomic E-state index is 0.525. The normalized spacial score (nSPS) is 11.4. The van der Waals surface area contributed by atoms with Crippen LogP contribution in [0.4, 0.5) is 0 Å². The molecule has 1 rings (SSSR count). The molecule has 0 unspecified atom stereocenters. The molecule has 0 fully saturated rings. The second-order valence-electron chi connectivity index (χ2n) is 12.4. The first kappa shape index (κ1) is 45.7. The summed E-state index contributed by atoms with van der Waals surface area (Å²) >= 11 is 0. The first-order valence-electron chi connectivity index (χ1n) is 19.7. The van der Waals surface area contributed by atoms with E-state index in [1.165, 1.54) is 96.3 Å². The highest BCUT2D eigenvalue weighted by atomic mass is 16.6. The van der Waals surface area contributed by atoms with Crippen molar-refractivity contribution in [3.8, 4) is 5.75 Å². The Kier molecular flexibility index (Phi) is 38.4. The lowest BCUT2D eigenvalue weighted by molar-refractivity contribution is -0.0236. The number of hydrogen-bond acceptors (Lipinski definition) is 9. The van der Waals surface area contributed by atoms with Crippen LogP contribution in [-0.4, -0.2) is 112 Å². The molecule has 0 aliphatic heterocycles. The Morgan fingerprint density at radius 3 is 0.878 bits per heavy atom. The van der Waals surface area contributed by atoms with Crippen LogP contribution < -0.4 is 4.74 Å². The van der Waals surface area contributed by atoms with Crippen LogP contribution in [0.15, 0.2) is 30.3 Å². The third-order valence-electron chi connectivity index (χ3n) is 7.99. The highest BCUT2D eigenvalue weighted by molar-refractivity contribution is 5.20. The average Bonchev–Trinajstić information content (AvgIpc) is 3.12. The average molecular weight is 699 g/mol. The third-order valence-corrected chi connectivity index (χ3v) is 7.99. The lowest BCUT2D eigenvalue weighted by atomic mass is 10.0. The summed E-state index contributed by atoms with van der Waals surface area (Å²) in [6.07, 6.45) is 22.2. The maximum absolute atomic E-state index is 5.69. The number of benzene rings is 1. The molecule has 0 aliphatic carbocycles. The van der Waals surface area contributed by atoms with Crippen molar-refractivity contribution in [1.29, 1.82) is 0 Å². The predicted molar refractivity (Wildman–Crippen MR) is 198 cm³/mol. The smallest absolute Gasteiger partial charge is 0.119 e. The van der Waals surface area contributed by atoms with Crippen molar-refractivity contribution in [3.63, 3.8) is 0 Å². The number of para-hydroxylation sites is 1. The third kappa shape index (κ3) is 37.8. The van der Waals surface area contributed by atoms with Crippen molar-refractivity contribution in [3.05, 3.63) is 30.3 Å². The molecule has 0 saturated heterocycles. The Hall–Kier alpha value is -1.30. The first-order chi connectivity index (χ1) is 24.4. The van der Waals surface area contributed by atoms with Gasteiger partial charge in [-0.3, -0.25) is 0 Å². The zero-order valence-electron chi connectivity index (χ0n) is 31.4. The minimum Gasteiger partial charge on any atom is -0.491 e. The second-order valence-corrected chi connectivity index (χ2v) is 12.4. The standard InChI is InChI=1S/C40H74O9/c1-2-3-4-5-6-7-8-9-10-11-12-13-14-15-16-20-23-41-24-25-42-26-27-43-28-29-44-30-31-45-32-33-46-34-35-47-36-37-48-38-39-49-40-21-18-17-19-22-40/h17-19,21-22H,2-16,20,23-39H2,1H3. The van der Waals surface area contributed by atoms with Crippen LogP contribution in [0.1, 0.15) is 110 Å². The molecule has 0 radical (unpaired) electrons. The fraction of sp³-hybridized carbons (Fsp3) is 0.850. The van der Waals surface area contributed by atoms with E-state index >= 15 is 0 Å². The summed E-state index contributed by atoms with van der Waals surface area (Å²) in [5.41, 5.74) is 0. The Morgan fingerprint density at radius 1 is 0.286 bits per heavy atom. The van der Waals surface area contributed by atoms with Crippen molar-refractivity contribution < 1.29 is 42.6 Å². The van der Waals surface area contributed by atoms with Gasteiger partial charge in [0, 0.05) is 6.61 Å². The van der Waals surface area contributed by atoms with E-state index in [4.69, 9.17) is 42.6 Å². The van der Waals surface area contributed by atoms with Gasteiger partial charge in [-0.15, -0.1) is 0 Å². The van der Waals surface area contributed by atoms with E-state index in [1.807, 2.05) is 30.3 Å². The van der Waals surface area contributed by atoms with E-state index in [0.717, 1.165) is 18.8 Å². The van der Waals surface area contributed by atoms with Crippen LogP contribution >= 0.6 is 0 Å². The molecule has 0 aliphatic rings. The highest BCUT2D eigenvalue weighted by Gasteiger charge is 1.98. The van der Waals surface area contributed by atoms with E-state index < -0.39 is 0 Å². The Morgan fingerprint density at radius 2 is 0.551 bits per heavy atom. The molecule has 288 valence electrons. The van der Waals surface area contributed by atoms with E-state index in [0.29, 0.717) is 106 Å². The maximum atomic E-state index is 5.69. The first-order valence-corrected chi connectivity index (χ1v) is 19.7. The fourth-order valence-corrected chi connectivity index (χ4v) is 5.13. The van der Waals surface area contributed by atoms with E-state index in [-0.39, 0.29) is 0 Å². The quantitative estimate of drug-likeness (QED) is 0.0625. The summed E-state index contributed by atoms with van der Waals surface area (Å²) in [4.78, 5) is 0. The molecule has 49 heavy (non-hydrogen) atoms.